The van der Waals surface area contributed by atoms with Gasteiger partial charge in [0.25, 0.3) is 5.91 Å². The van der Waals surface area contributed by atoms with E-state index in [0.717, 1.165) is 31.4 Å². The van der Waals surface area contributed by atoms with Crippen LogP contribution in [0.5, 0.6) is 11.5 Å². The van der Waals surface area contributed by atoms with E-state index in [1.54, 1.807) is 20.3 Å². The molecule has 2 N–H and O–H groups in total. The highest BCUT2D eigenvalue weighted by atomic mass is 32.1. The van der Waals surface area contributed by atoms with Gasteiger partial charge < -0.3 is 24.8 Å². The quantitative estimate of drug-likeness (QED) is 0.270. The van der Waals surface area contributed by atoms with Crippen LogP contribution in [0.25, 0.3) is 5.70 Å². The van der Waals surface area contributed by atoms with E-state index in [2.05, 4.69) is 29.5 Å². The minimum absolute atomic E-state index is 0.0529. The third kappa shape index (κ3) is 7.01. The Bertz CT molecular complexity index is 1240. The molecule has 1 fully saturated rings. The van der Waals surface area contributed by atoms with Gasteiger partial charge in [0.15, 0.2) is 5.75 Å². The van der Waals surface area contributed by atoms with Crippen molar-refractivity contribution in [2.45, 2.75) is 51.7 Å². The molecule has 0 aliphatic carbocycles. The lowest BCUT2D eigenvalue weighted by atomic mass is 10.1. The third-order valence-electron chi connectivity index (χ3n) is 7.40. The second-order valence-corrected chi connectivity index (χ2v) is 11.3. The molecule has 4 rings (SSSR count). The first-order valence-electron chi connectivity index (χ1n) is 13.7. The molecule has 0 radical (unpaired) electrons. The van der Waals surface area contributed by atoms with E-state index in [4.69, 9.17) is 19.0 Å². The number of halogens is 1. The standard InChI is InChI=1S/C29H39FN4O5S/c1-19(2)34(3,37-5)15-14-31-28(35)27-26(36-4)25-23(8-6-7-13-32-29(25)40-27)33-22-10-9-20(30)18-24(22)39-21-11-16-38-17-12-21/h8-10,13,18-19,21,33H,6-7,11-12,14-17H2,1-5H3/p+1. The van der Waals surface area contributed by atoms with E-state index in [-0.39, 0.29) is 23.9 Å². The molecule has 0 spiro atoms. The number of amides is 1. The fourth-order valence-corrected chi connectivity index (χ4v) is 5.66. The van der Waals surface area contributed by atoms with Crippen molar-refractivity contribution in [3.05, 3.63) is 40.5 Å². The molecular weight excluding hydrogens is 535 g/mol. The van der Waals surface area contributed by atoms with Crippen molar-refractivity contribution in [2.75, 3.05) is 52.9 Å². The predicted molar refractivity (Wildman–Crippen MR) is 156 cm³/mol. The first-order chi connectivity index (χ1) is 19.3. The highest BCUT2D eigenvalue weighted by Gasteiger charge is 2.30. The maximum atomic E-state index is 14.3. The molecule has 0 saturated carbocycles. The molecule has 0 bridgehead atoms. The average molecular weight is 576 g/mol. The molecule has 40 heavy (non-hydrogen) atoms. The van der Waals surface area contributed by atoms with Crippen molar-refractivity contribution in [3.63, 3.8) is 0 Å². The molecule has 218 valence electrons. The molecular formula is C29H40FN4O5S+. The summed E-state index contributed by atoms with van der Waals surface area (Å²) in [7, 11) is 5.21. The van der Waals surface area contributed by atoms with Gasteiger partial charge in [-0.25, -0.2) is 14.2 Å². The van der Waals surface area contributed by atoms with Crippen molar-refractivity contribution in [1.29, 1.82) is 0 Å². The Morgan fingerprint density at radius 2 is 2.02 bits per heavy atom. The number of hydroxylamine groups is 3. The van der Waals surface area contributed by atoms with Crippen LogP contribution in [0.3, 0.4) is 0 Å². The van der Waals surface area contributed by atoms with Gasteiger partial charge in [0.05, 0.1) is 52.3 Å². The summed E-state index contributed by atoms with van der Waals surface area (Å²) in [6.45, 7) is 6.43. The molecule has 3 heterocycles. The maximum Gasteiger partial charge on any atom is 0.265 e. The molecule has 2 aliphatic heterocycles. The van der Waals surface area contributed by atoms with E-state index >= 15 is 0 Å². The van der Waals surface area contributed by atoms with Gasteiger partial charge in [0, 0.05) is 30.8 Å². The minimum Gasteiger partial charge on any atom is -0.494 e. The van der Waals surface area contributed by atoms with Gasteiger partial charge in [0.2, 0.25) is 0 Å². The van der Waals surface area contributed by atoms with Crippen LogP contribution in [-0.4, -0.2) is 76.5 Å². The molecule has 2 aliphatic rings. The average Bonchev–Trinajstić information content (AvgIpc) is 3.30. The van der Waals surface area contributed by atoms with Crippen LogP contribution in [-0.2, 0) is 9.57 Å². The van der Waals surface area contributed by atoms with Crippen molar-refractivity contribution >= 4 is 39.8 Å². The van der Waals surface area contributed by atoms with Gasteiger partial charge in [-0.1, -0.05) is 6.08 Å². The smallest absolute Gasteiger partial charge is 0.265 e. The SMILES string of the molecule is COc1c(C(=O)NCC[N+](C)(OC)C(C)C)sc2c1C(Nc1ccc(F)cc1OC1CCOCC1)=CCCC=N2. The second kappa shape index (κ2) is 13.6. The Kier molecular flexibility index (Phi) is 10.2. The van der Waals surface area contributed by atoms with Gasteiger partial charge in [-0.15, -0.1) is 11.3 Å². The van der Waals surface area contributed by atoms with Crippen LogP contribution >= 0.6 is 11.3 Å². The zero-order valence-electron chi connectivity index (χ0n) is 23.9. The number of hydrogen-bond acceptors (Lipinski definition) is 8. The number of allylic oxidation sites excluding steroid dienone is 1. The fraction of sp³-hybridized carbons (Fsp3) is 0.517. The molecule has 1 amide bonds. The summed E-state index contributed by atoms with van der Waals surface area (Å²) in [6.07, 6.45) is 6.80. The fourth-order valence-electron chi connectivity index (χ4n) is 4.59. The number of carbonyl (C=O) groups excluding carboxylic acids is 1. The van der Waals surface area contributed by atoms with E-state index in [1.807, 2.05) is 19.3 Å². The number of aliphatic imine (C=N–C) groups is 1. The number of rotatable bonds is 11. The molecule has 1 aromatic carbocycles. The number of quaternary nitrogens is 1. The monoisotopic (exact) mass is 575 g/mol. The van der Waals surface area contributed by atoms with Gasteiger partial charge in [-0.2, -0.15) is 4.65 Å². The summed E-state index contributed by atoms with van der Waals surface area (Å²) in [5, 5.41) is 7.12. The van der Waals surface area contributed by atoms with Crippen LogP contribution in [0.1, 0.15) is 54.8 Å². The number of nitrogens with one attached hydrogen (secondary N) is 2. The Morgan fingerprint density at radius 1 is 1.25 bits per heavy atom. The number of likely N-dealkylation sites (N-methyl/N-ethyl adjacent to an activating group) is 1. The number of nitrogens with zero attached hydrogens (tertiary/aromatic N) is 2. The largest absolute Gasteiger partial charge is 0.494 e. The molecule has 1 atom stereocenters. The van der Waals surface area contributed by atoms with Crippen molar-refractivity contribution < 1.29 is 32.9 Å². The van der Waals surface area contributed by atoms with Crippen molar-refractivity contribution in [3.8, 4) is 11.5 Å². The van der Waals surface area contributed by atoms with Crippen LogP contribution < -0.4 is 20.1 Å². The number of anilines is 1. The van der Waals surface area contributed by atoms with Crippen molar-refractivity contribution in [1.82, 2.24) is 5.32 Å². The van der Waals surface area contributed by atoms with Crippen molar-refractivity contribution in [2.24, 2.45) is 4.99 Å². The number of ether oxygens (including phenoxy) is 3. The van der Waals surface area contributed by atoms with Crippen LogP contribution in [0, 0.1) is 5.82 Å². The van der Waals surface area contributed by atoms with Crippen LogP contribution in [0.2, 0.25) is 0 Å². The summed E-state index contributed by atoms with van der Waals surface area (Å²) in [6, 6.07) is 4.69. The lowest BCUT2D eigenvalue weighted by molar-refractivity contribution is -1.10. The third-order valence-corrected chi connectivity index (χ3v) is 8.48. The zero-order valence-corrected chi connectivity index (χ0v) is 24.7. The Balaban J connectivity index is 1.60. The first kappa shape index (κ1) is 30.0. The van der Waals surface area contributed by atoms with Gasteiger partial charge >= 0.3 is 0 Å². The molecule has 9 nitrogen and oxygen atoms in total. The Hall–Kier alpha value is -2.99. The van der Waals surface area contributed by atoms with E-state index in [0.29, 0.717) is 63.6 Å². The Labute approximate surface area is 239 Å². The van der Waals surface area contributed by atoms with E-state index in [9.17, 15) is 9.18 Å². The normalized spacial score (nSPS) is 17.3. The second-order valence-electron chi connectivity index (χ2n) is 10.3. The summed E-state index contributed by atoms with van der Waals surface area (Å²) in [5.41, 5.74) is 2.04. The molecule has 11 heteroatoms. The molecule has 1 unspecified atom stereocenters. The Morgan fingerprint density at radius 3 is 2.73 bits per heavy atom. The molecule has 2 aromatic rings. The summed E-state index contributed by atoms with van der Waals surface area (Å²) >= 11 is 1.28. The zero-order chi connectivity index (χ0) is 28.7. The summed E-state index contributed by atoms with van der Waals surface area (Å²) < 4.78 is 32.1. The number of carbonyl (C=O) groups is 1. The number of hydrogen-bond donors (Lipinski definition) is 2. The van der Waals surface area contributed by atoms with Gasteiger partial charge in [0.1, 0.15) is 40.1 Å². The predicted octanol–water partition coefficient (Wildman–Crippen LogP) is 5.55. The minimum atomic E-state index is -0.378. The topological polar surface area (TPSA) is 90.4 Å². The number of benzene rings is 1. The number of fused-ring (bicyclic) bond motifs is 1. The van der Waals surface area contributed by atoms with Gasteiger partial charge in [-0.3, -0.25) is 4.79 Å². The van der Waals surface area contributed by atoms with Crippen LogP contribution in [0.15, 0.2) is 29.3 Å². The highest BCUT2D eigenvalue weighted by molar-refractivity contribution is 7.18. The lowest BCUT2D eigenvalue weighted by Gasteiger charge is -2.33. The molecule has 1 saturated heterocycles. The molecule has 1 aromatic heterocycles. The number of thiophene rings is 1. The number of methoxy groups -OCH3 is 1. The summed E-state index contributed by atoms with van der Waals surface area (Å²) in [5.74, 6) is 0.255. The lowest BCUT2D eigenvalue weighted by Crippen LogP contribution is -2.52. The van der Waals surface area contributed by atoms with Gasteiger partial charge in [-0.05, 0) is 38.8 Å². The van der Waals surface area contributed by atoms with Crippen LogP contribution in [0.4, 0.5) is 15.1 Å². The summed E-state index contributed by atoms with van der Waals surface area (Å²) in [4.78, 5) is 24.1. The highest BCUT2D eigenvalue weighted by Crippen LogP contribution is 2.46. The van der Waals surface area contributed by atoms with E-state index < -0.39 is 0 Å². The maximum absolute atomic E-state index is 14.3. The first-order valence-corrected chi connectivity index (χ1v) is 14.5. The van der Waals surface area contributed by atoms with E-state index in [1.165, 1.54) is 23.5 Å².